The van der Waals surface area contributed by atoms with Crippen molar-refractivity contribution in [1.29, 1.82) is 0 Å². The van der Waals surface area contributed by atoms with Gasteiger partial charge in [0.25, 0.3) is 5.91 Å². The van der Waals surface area contributed by atoms with Crippen LogP contribution in [0.2, 0.25) is 0 Å². The highest BCUT2D eigenvalue weighted by Gasteiger charge is 2.24. The molecule has 1 amide bonds. The summed E-state index contributed by atoms with van der Waals surface area (Å²) in [6.45, 7) is 0. The first-order valence-electron chi connectivity index (χ1n) is 4.40. The predicted molar refractivity (Wildman–Crippen MR) is 59.9 cm³/mol. The molecule has 0 aliphatic heterocycles. The molecule has 3 N–H and O–H groups in total. The minimum absolute atomic E-state index is 0.323. The molecule has 0 aliphatic carbocycles. The normalized spacial score (nSPS) is 11.1. The average Bonchev–Trinajstić information content (AvgIpc) is 2.29. The molecule has 0 spiro atoms. The van der Waals surface area contributed by atoms with Crippen LogP contribution in [0.4, 0.5) is 5.69 Å². The highest BCUT2D eigenvalue weighted by molar-refractivity contribution is 7.52. The van der Waals surface area contributed by atoms with Gasteiger partial charge in [-0.3, -0.25) is 18.9 Å². The van der Waals surface area contributed by atoms with Crippen LogP contribution in [-0.2, 0) is 13.6 Å². The molecular weight excluding hydrogens is 231 g/mol. The van der Waals surface area contributed by atoms with Gasteiger partial charge in [-0.25, -0.2) is 4.57 Å². The van der Waals surface area contributed by atoms with Crippen molar-refractivity contribution in [2.75, 3.05) is 20.0 Å². The van der Waals surface area contributed by atoms with Crippen LogP contribution >= 0.6 is 7.75 Å². The molecule has 1 rings (SSSR count). The Labute approximate surface area is 93.3 Å². The van der Waals surface area contributed by atoms with Crippen molar-refractivity contribution >= 4 is 19.3 Å². The number of nitrogen functional groups attached to an aromatic ring is 1. The number of amides is 1. The van der Waals surface area contributed by atoms with E-state index in [1.54, 1.807) is 12.1 Å². The second kappa shape index (κ2) is 5.12. The highest BCUT2D eigenvalue weighted by Crippen LogP contribution is 2.41. The molecule has 7 heteroatoms. The Morgan fingerprint density at radius 3 is 2.19 bits per heavy atom. The van der Waals surface area contributed by atoms with E-state index in [4.69, 9.17) is 5.73 Å². The van der Waals surface area contributed by atoms with Gasteiger partial charge in [0.2, 0.25) is 0 Å². The van der Waals surface area contributed by atoms with Gasteiger partial charge in [-0.15, -0.1) is 0 Å². The summed E-state index contributed by atoms with van der Waals surface area (Å²) in [5, 5.41) is 2.16. The molecule has 1 aromatic rings. The maximum atomic E-state index is 11.6. The molecule has 0 fully saturated rings. The maximum Gasteiger partial charge on any atom is 0.434 e. The molecule has 1 aromatic carbocycles. The highest BCUT2D eigenvalue weighted by atomic mass is 31.2. The zero-order valence-electron chi connectivity index (χ0n) is 8.97. The van der Waals surface area contributed by atoms with Gasteiger partial charge in [0.1, 0.15) is 0 Å². The Morgan fingerprint density at radius 1 is 1.25 bits per heavy atom. The van der Waals surface area contributed by atoms with Crippen molar-refractivity contribution in [2.45, 2.75) is 0 Å². The number of carbonyl (C=O) groups excluding carboxylic acids is 1. The lowest BCUT2D eigenvalue weighted by atomic mass is 10.2. The Balaban J connectivity index is 2.80. The summed E-state index contributed by atoms with van der Waals surface area (Å²) in [4.78, 5) is 11.6. The van der Waals surface area contributed by atoms with Crippen molar-refractivity contribution < 1.29 is 18.4 Å². The summed E-state index contributed by atoms with van der Waals surface area (Å²) < 4.78 is 20.8. The van der Waals surface area contributed by atoms with Gasteiger partial charge >= 0.3 is 7.75 Å². The zero-order valence-corrected chi connectivity index (χ0v) is 9.86. The first-order chi connectivity index (χ1) is 7.50. The number of hydrogen-bond donors (Lipinski definition) is 2. The van der Waals surface area contributed by atoms with Crippen molar-refractivity contribution in [3.8, 4) is 0 Å². The van der Waals surface area contributed by atoms with Gasteiger partial charge in [0.05, 0.1) is 0 Å². The smallest absolute Gasteiger partial charge is 0.399 e. The molecule has 6 nitrogen and oxygen atoms in total. The SMILES string of the molecule is COP(=O)(NC(=O)c1ccc(N)cc1)OC. The first-order valence-corrected chi connectivity index (χ1v) is 5.94. The topological polar surface area (TPSA) is 90.7 Å². The fourth-order valence-corrected chi connectivity index (χ4v) is 1.70. The van der Waals surface area contributed by atoms with Crippen LogP contribution in [0.15, 0.2) is 24.3 Å². The van der Waals surface area contributed by atoms with Gasteiger partial charge in [0, 0.05) is 25.5 Å². The van der Waals surface area contributed by atoms with Crippen LogP contribution in [0.5, 0.6) is 0 Å². The van der Waals surface area contributed by atoms with E-state index in [1.807, 2.05) is 0 Å². The third-order valence-corrected chi connectivity index (χ3v) is 3.33. The zero-order chi connectivity index (χ0) is 12.2. The molecule has 0 aromatic heterocycles. The van der Waals surface area contributed by atoms with E-state index in [-0.39, 0.29) is 0 Å². The molecule has 0 saturated heterocycles. The van der Waals surface area contributed by atoms with Crippen LogP contribution in [0.25, 0.3) is 0 Å². The standard InChI is InChI=1S/C9H13N2O4P/c1-14-16(13,15-2)11-9(12)7-3-5-8(10)6-4-7/h3-6H,10H2,1-2H3,(H,11,12,13). The summed E-state index contributed by atoms with van der Waals surface area (Å²) in [6.07, 6.45) is 0. The number of nitrogens with one attached hydrogen (secondary N) is 1. The Morgan fingerprint density at radius 2 is 1.75 bits per heavy atom. The van der Waals surface area contributed by atoms with Gasteiger partial charge in [-0.1, -0.05) is 0 Å². The van der Waals surface area contributed by atoms with Crippen LogP contribution in [-0.4, -0.2) is 20.1 Å². The van der Waals surface area contributed by atoms with Crippen LogP contribution < -0.4 is 10.8 Å². The molecule has 0 unspecified atom stereocenters. The number of carbonyl (C=O) groups is 1. The van der Waals surface area contributed by atoms with Crippen molar-refractivity contribution in [1.82, 2.24) is 5.09 Å². The minimum Gasteiger partial charge on any atom is -0.399 e. The Bertz CT molecular complexity index is 410. The Hall–Kier alpha value is -1.36. The Kier molecular flexibility index (Phi) is 4.06. The van der Waals surface area contributed by atoms with Gasteiger partial charge < -0.3 is 5.73 Å². The quantitative estimate of drug-likeness (QED) is 0.617. The van der Waals surface area contributed by atoms with Crippen LogP contribution in [0, 0.1) is 0 Å². The first kappa shape index (κ1) is 12.7. The van der Waals surface area contributed by atoms with Gasteiger partial charge in [-0.2, -0.15) is 0 Å². The van der Waals surface area contributed by atoms with Gasteiger partial charge in [-0.05, 0) is 24.3 Å². The molecular formula is C9H13N2O4P. The average molecular weight is 244 g/mol. The lowest BCUT2D eigenvalue weighted by molar-refractivity contribution is 0.0966. The molecule has 88 valence electrons. The number of benzene rings is 1. The largest absolute Gasteiger partial charge is 0.434 e. The fourth-order valence-electron chi connectivity index (χ4n) is 0.989. The molecule has 0 radical (unpaired) electrons. The van der Waals surface area contributed by atoms with Crippen molar-refractivity contribution in [3.63, 3.8) is 0 Å². The summed E-state index contributed by atoms with van der Waals surface area (Å²) >= 11 is 0. The van der Waals surface area contributed by atoms with Gasteiger partial charge in [0.15, 0.2) is 0 Å². The maximum absolute atomic E-state index is 11.6. The third kappa shape index (κ3) is 3.06. The van der Waals surface area contributed by atoms with E-state index < -0.39 is 13.7 Å². The lowest BCUT2D eigenvalue weighted by Gasteiger charge is -2.14. The molecule has 0 aliphatic rings. The number of hydrogen-bond acceptors (Lipinski definition) is 5. The predicted octanol–water partition coefficient (Wildman–Crippen LogP) is 1.40. The summed E-state index contributed by atoms with van der Waals surface area (Å²) in [5.41, 5.74) is 6.33. The number of nitrogens with two attached hydrogens (primary N) is 1. The number of anilines is 1. The van der Waals surface area contributed by atoms with E-state index in [0.29, 0.717) is 11.3 Å². The summed E-state index contributed by atoms with van der Waals surface area (Å²) in [5.74, 6) is -0.549. The third-order valence-electron chi connectivity index (χ3n) is 1.89. The fraction of sp³-hybridized carbons (Fsp3) is 0.222. The molecule has 0 saturated carbocycles. The summed E-state index contributed by atoms with van der Waals surface area (Å²) in [7, 11) is -1.17. The second-order valence-corrected chi connectivity index (χ2v) is 4.87. The van der Waals surface area contributed by atoms with E-state index in [2.05, 4.69) is 14.1 Å². The lowest BCUT2D eigenvalue weighted by Crippen LogP contribution is -2.21. The van der Waals surface area contributed by atoms with Crippen LogP contribution in [0.1, 0.15) is 10.4 Å². The van der Waals surface area contributed by atoms with Crippen molar-refractivity contribution in [2.24, 2.45) is 0 Å². The van der Waals surface area contributed by atoms with E-state index in [9.17, 15) is 9.36 Å². The molecule has 0 heterocycles. The second-order valence-electron chi connectivity index (χ2n) is 2.93. The summed E-state index contributed by atoms with van der Waals surface area (Å²) in [6, 6.07) is 6.17. The van der Waals surface area contributed by atoms with E-state index >= 15 is 0 Å². The number of rotatable bonds is 4. The molecule has 16 heavy (non-hydrogen) atoms. The van der Waals surface area contributed by atoms with E-state index in [1.165, 1.54) is 26.4 Å². The van der Waals surface area contributed by atoms with E-state index in [0.717, 1.165) is 0 Å². The minimum atomic E-state index is -3.55. The molecule has 0 bridgehead atoms. The van der Waals surface area contributed by atoms with Crippen molar-refractivity contribution in [3.05, 3.63) is 29.8 Å². The molecule has 0 atom stereocenters. The monoisotopic (exact) mass is 244 g/mol. The van der Waals surface area contributed by atoms with Crippen LogP contribution in [0.3, 0.4) is 0 Å².